The van der Waals surface area contributed by atoms with Crippen molar-refractivity contribution in [3.8, 4) is 0 Å². The van der Waals surface area contributed by atoms with E-state index in [9.17, 15) is 4.39 Å². The average molecular weight is 321 g/mol. The molecule has 1 aliphatic heterocycles. The first kappa shape index (κ1) is 15.1. The van der Waals surface area contributed by atoms with Crippen molar-refractivity contribution >= 4 is 23.1 Å². The molecule has 2 aromatic rings. The molecule has 0 fully saturated rings. The lowest BCUT2D eigenvalue weighted by Gasteiger charge is -2.19. The quantitative estimate of drug-likeness (QED) is 0.877. The van der Waals surface area contributed by atoms with E-state index in [-0.39, 0.29) is 11.9 Å². The van der Waals surface area contributed by atoms with Crippen LogP contribution in [0.15, 0.2) is 24.3 Å². The van der Waals surface area contributed by atoms with Crippen molar-refractivity contribution in [2.24, 2.45) is 0 Å². The van der Waals surface area contributed by atoms with Gasteiger partial charge in [-0.2, -0.15) is 11.8 Å². The minimum absolute atomic E-state index is 0.103. The third-order valence-corrected chi connectivity index (χ3v) is 6.20. The number of benzene rings is 1. The summed E-state index contributed by atoms with van der Waals surface area (Å²) in [7, 11) is 0. The van der Waals surface area contributed by atoms with Crippen molar-refractivity contribution < 1.29 is 4.39 Å². The first-order chi connectivity index (χ1) is 10.2. The van der Waals surface area contributed by atoms with Gasteiger partial charge in [-0.15, -0.1) is 11.3 Å². The monoisotopic (exact) mass is 321 g/mol. The van der Waals surface area contributed by atoms with Crippen LogP contribution in [0.5, 0.6) is 0 Å². The fourth-order valence-corrected chi connectivity index (χ4v) is 5.27. The summed E-state index contributed by atoms with van der Waals surface area (Å²) >= 11 is 3.90. The molecule has 0 aliphatic carbocycles. The maximum atomic E-state index is 13.7. The molecule has 1 aliphatic rings. The van der Waals surface area contributed by atoms with Gasteiger partial charge in [0.1, 0.15) is 5.82 Å². The molecule has 1 N–H and O–H groups in total. The Kier molecular flexibility index (Phi) is 4.67. The maximum absolute atomic E-state index is 13.7. The van der Waals surface area contributed by atoms with Gasteiger partial charge in [0.05, 0.1) is 6.04 Å². The molecule has 0 saturated heterocycles. The lowest BCUT2D eigenvalue weighted by atomic mass is 9.99. The molecular formula is C17H20FNS2. The van der Waals surface area contributed by atoms with Crippen molar-refractivity contribution in [3.63, 3.8) is 0 Å². The minimum atomic E-state index is -0.157. The molecule has 1 unspecified atom stereocenters. The van der Waals surface area contributed by atoms with E-state index in [0.29, 0.717) is 0 Å². The molecular weight excluding hydrogens is 301 g/mol. The number of aryl methyl sites for hydroxylation is 2. The Bertz CT molecular complexity index is 612. The summed E-state index contributed by atoms with van der Waals surface area (Å²) in [5.41, 5.74) is 3.68. The molecule has 1 aromatic carbocycles. The fourth-order valence-electron chi connectivity index (χ4n) is 2.80. The standard InChI is InChI=1S/C17H20FNS2/c1-3-19-17(14-9-13(18)5-4-11(14)2)16-8-12-10-20-7-6-15(12)21-16/h4-5,8-9,17,19H,3,6-7,10H2,1-2H3. The highest BCUT2D eigenvalue weighted by atomic mass is 32.2. The summed E-state index contributed by atoms with van der Waals surface area (Å²) in [4.78, 5) is 2.83. The topological polar surface area (TPSA) is 12.0 Å². The molecule has 4 heteroatoms. The zero-order valence-electron chi connectivity index (χ0n) is 12.4. The molecule has 3 rings (SSSR count). The summed E-state index contributed by atoms with van der Waals surface area (Å²) in [6.45, 7) is 5.03. The second kappa shape index (κ2) is 6.51. The van der Waals surface area contributed by atoms with Crippen LogP contribution in [0.2, 0.25) is 0 Å². The van der Waals surface area contributed by atoms with Gasteiger partial charge in [0.25, 0.3) is 0 Å². The second-order valence-corrected chi connectivity index (χ2v) is 7.66. The van der Waals surface area contributed by atoms with E-state index in [1.807, 2.05) is 29.2 Å². The fraction of sp³-hybridized carbons (Fsp3) is 0.412. The highest BCUT2D eigenvalue weighted by molar-refractivity contribution is 7.98. The van der Waals surface area contributed by atoms with Crippen molar-refractivity contribution in [1.29, 1.82) is 0 Å². The molecule has 0 amide bonds. The molecule has 1 aromatic heterocycles. The molecule has 0 saturated carbocycles. The van der Waals surface area contributed by atoms with E-state index in [1.54, 1.807) is 6.07 Å². The number of thioether (sulfide) groups is 1. The smallest absolute Gasteiger partial charge is 0.123 e. The predicted octanol–water partition coefficient (Wildman–Crippen LogP) is 4.68. The molecule has 21 heavy (non-hydrogen) atoms. The molecule has 0 radical (unpaired) electrons. The SMILES string of the molecule is CCNC(c1cc2c(s1)CCSC2)c1cc(F)ccc1C. The van der Waals surface area contributed by atoms with Crippen LogP contribution in [0.3, 0.4) is 0 Å². The number of hydrogen-bond donors (Lipinski definition) is 1. The Morgan fingerprint density at radius 1 is 1.33 bits per heavy atom. The Morgan fingerprint density at radius 2 is 2.19 bits per heavy atom. The van der Waals surface area contributed by atoms with Crippen LogP contribution in [-0.2, 0) is 12.2 Å². The maximum Gasteiger partial charge on any atom is 0.123 e. The van der Waals surface area contributed by atoms with Gasteiger partial charge in [0.2, 0.25) is 0 Å². The highest BCUT2D eigenvalue weighted by Crippen LogP contribution is 2.37. The molecule has 112 valence electrons. The third-order valence-electron chi connectivity index (χ3n) is 3.89. The third kappa shape index (κ3) is 3.17. The van der Waals surface area contributed by atoms with Crippen molar-refractivity contribution in [1.82, 2.24) is 5.32 Å². The number of hydrogen-bond acceptors (Lipinski definition) is 3. The van der Waals surface area contributed by atoms with E-state index in [4.69, 9.17) is 0 Å². The van der Waals surface area contributed by atoms with Crippen LogP contribution in [0.4, 0.5) is 4.39 Å². The summed E-state index contributed by atoms with van der Waals surface area (Å²) < 4.78 is 13.7. The lowest BCUT2D eigenvalue weighted by Crippen LogP contribution is -2.22. The van der Waals surface area contributed by atoms with Gasteiger partial charge >= 0.3 is 0 Å². The van der Waals surface area contributed by atoms with E-state index in [0.717, 1.165) is 23.4 Å². The van der Waals surface area contributed by atoms with Gasteiger partial charge in [-0.25, -0.2) is 4.39 Å². The van der Waals surface area contributed by atoms with Gasteiger partial charge < -0.3 is 5.32 Å². The Balaban J connectivity index is 2.01. The van der Waals surface area contributed by atoms with Crippen molar-refractivity contribution in [3.05, 3.63) is 56.5 Å². The number of fused-ring (bicyclic) bond motifs is 1. The van der Waals surface area contributed by atoms with Gasteiger partial charge in [-0.3, -0.25) is 0 Å². The van der Waals surface area contributed by atoms with Gasteiger partial charge in [0.15, 0.2) is 0 Å². The van der Waals surface area contributed by atoms with E-state index < -0.39 is 0 Å². The summed E-state index contributed by atoms with van der Waals surface area (Å²) in [6.07, 6.45) is 1.17. The molecule has 1 nitrogen and oxygen atoms in total. The molecule has 0 bridgehead atoms. The first-order valence-corrected chi connectivity index (χ1v) is 9.34. The summed E-state index contributed by atoms with van der Waals surface area (Å²) in [5, 5.41) is 3.53. The Hall–Kier alpha value is -0.840. The summed E-state index contributed by atoms with van der Waals surface area (Å²) in [6, 6.07) is 7.52. The average Bonchev–Trinajstić information content (AvgIpc) is 2.91. The molecule has 1 atom stereocenters. The van der Waals surface area contributed by atoms with Gasteiger partial charge in [-0.1, -0.05) is 13.0 Å². The van der Waals surface area contributed by atoms with Crippen LogP contribution in [0, 0.1) is 12.7 Å². The lowest BCUT2D eigenvalue weighted by molar-refractivity contribution is 0.604. The van der Waals surface area contributed by atoms with Crippen molar-refractivity contribution in [2.45, 2.75) is 32.1 Å². The number of rotatable bonds is 4. The van der Waals surface area contributed by atoms with Gasteiger partial charge in [-0.05, 0) is 60.5 Å². The van der Waals surface area contributed by atoms with Crippen LogP contribution >= 0.6 is 23.1 Å². The molecule has 2 heterocycles. The van der Waals surface area contributed by atoms with Crippen LogP contribution in [-0.4, -0.2) is 12.3 Å². The number of halogens is 1. The molecule has 0 spiro atoms. The minimum Gasteiger partial charge on any atom is -0.306 e. The van der Waals surface area contributed by atoms with Crippen LogP contribution in [0.1, 0.15) is 39.4 Å². The normalized spacial score (nSPS) is 15.8. The van der Waals surface area contributed by atoms with Crippen LogP contribution in [0.25, 0.3) is 0 Å². The predicted molar refractivity (Wildman–Crippen MR) is 90.8 cm³/mol. The van der Waals surface area contributed by atoms with E-state index >= 15 is 0 Å². The Morgan fingerprint density at radius 3 is 2.95 bits per heavy atom. The second-order valence-electron chi connectivity index (χ2n) is 5.39. The zero-order chi connectivity index (χ0) is 14.8. The van der Waals surface area contributed by atoms with Gasteiger partial charge in [0, 0.05) is 15.5 Å². The largest absolute Gasteiger partial charge is 0.306 e. The van der Waals surface area contributed by atoms with E-state index in [1.165, 1.54) is 33.6 Å². The van der Waals surface area contributed by atoms with E-state index in [2.05, 4.69) is 25.2 Å². The summed E-state index contributed by atoms with van der Waals surface area (Å²) in [5.74, 6) is 2.18. The first-order valence-electron chi connectivity index (χ1n) is 7.37. The zero-order valence-corrected chi connectivity index (χ0v) is 14.0. The number of thiophene rings is 1. The van der Waals surface area contributed by atoms with Crippen LogP contribution < -0.4 is 5.32 Å². The number of nitrogens with one attached hydrogen (secondary N) is 1. The Labute approximate surface area is 134 Å². The van der Waals surface area contributed by atoms with Crippen molar-refractivity contribution in [2.75, 3.05) is 12.3 Å². The highest BCUT2D eigenvalue weighted by Gasteiger charge is 2.21.